The van der Waals surface area contributed by atoms with Gasteiger partial charge in [0, 0.05) is 95.2 Å². The monoisotopic (exact) mass is 2000 g/mol. The number of esters is 2. The molecular weight excluding hydrogens is 1900 g/mol. The number of phenols is 2. The van der Waals surface area contributed by atoms with E-state index in [4.69, 9.17) is 71.5 Å². The summed E-state index contributed by atoms with van der Waals surface area (Å²) >= 11 is 28.9. The van der Waals surface area contributed by atoms with Crippen LogP contribution in [-0.2, 0) is 59.7 Å². The van der Waals surface area contributed by atoms with Crippen LogP contribution in [-0.4, -0.2) is 238 Å². The number of likely N-dealkylation sites (N-methyl/N-ethyl adjacent to an activating group) is 4. The van der Waals surface area contributed by atoms with Crippen molar-refractivity contribution < 1.29 is 87.7 Å². The van der Waals surface area contributed by atoms with Gasteiger partial charge in [-0.25, -0.2) is 24.8 Å². The number of ether oxygens (including phenoxy) is 3. The predicted molar refractivity (Wildman–Crippen MR) is 536 cm³/mol. The van der Waals surface area contributed by atoms with Crippen molar-refractivity contribution >= 4 is 202 Å². The van der Waals surface area contributed by atoms with Crippen LogP contribution in [0.5, 0.6) is 23.0 Å². The average molecular weight is 2010 g/mol. The number of nitrogen functional groups attached to an aromatic ring is 1. The second kappa shape index (κ2) is 51.2. The molecule has 0 aromatic heterocycles. The summed E-state index contributed by atoms with van der Waals surface area (Å²) in [5.41, 5.74) is 14.3. The summed E-state index contributed by atoms with van der Waals surface area (Å²) in [6, 6.07) is 48.5. The Morgan fingerprint density at radius 1 is 0.430 bits per heavy atom. The highest BCUT2D eigenvalue weighted by atomic mass is 35.5. The molecule has 0 bridgehead atoms. The molecule has 4 aliphatic heterocycles. The maximum atomic E-state index is 12.6. The third kappa shape index (κ3) is 36.4. The van der Waals surface area contributed by atoms with Gasteiger partial charge < -0.3 is 76.7 Å². The molecule has 11 N–H and O–H groups in total. The number of hydrazone groups is 4. The molecule has 0 unspecified atom stereocenters. The third-order valence-corrected chi connectivity index (χ3v) is 22.5. The maximum absolute atomic E-state index is 12.6. The number of nitrogens with one attached hydrogen (secondary N) is 4. The van der Waals surface area contributed by atoms with Crippen LogP contribution in [0.1, 0.15) is 107 Å². The van der Waals surface area contributed by atoms with Gasteiger partial charge in [0.05, 0.1) is 79.5 Å². The quantitative estimate of drug-likeness (QED) is 0.0150. The highest BCUT2D eigenvalue weighted by molar-refractivity contribution is 8.15. The molecule has 4 heterocycles. The van der Waals surface area contributed by atoms with E-state index < -0.39 is 28.5 Å². The molecule has 135 heavy (non-hydrogen) atoms. The van der Waals surface area contributed by atoms with Gasteiger partial charge in [-0.3, -0.25) is 47.9 Å². The number of nitrogens with zero attached hydrogens (tertiary/aromatic N) is 11. The summed E-state index contributed by atoms with van der Waals surface area (Å²) < 4.78 is 16.2. The van der Waals surface area contributed by atoms with Gasteiger partial charge in [-0.2, -0.15) is 20.4 Å². The van der Waals surface area contributed by atoms with E-state index in [9.17, 15) is 63.0 Å². The Morgan fingerprint density at radius 3 is 1.04 bits per heavy atom. The summed E-state index contributed by atoms with van der Waals surface area (Å²) in [6.07, 6.45) is -0.630. The molecule has 8 amide bonds. The van der Waals surface area contributed by atoms with Crippen molar-refractivity contribution in [3.05, 3.63) is 234 Å². The van der Waals surface area contributed by atoms with Crippen molar-refractivity contribution in [2.45, 2.75) is 94.1 Å². The summed E-state index contributed by atoms with van der Waals surface area (Å²) in [5.74, 6) is -0.000305. The maximum Gasteiger partial charge on any atom is 0.410 e. The first-order valence-electron chi connectivity index (χ1n) is 41.3. The normalized spacial score (nSPS) is 13.8. The van der Waals surface area contributed by atoms with Crippen LogP contribution in [0.3, 0.4) is 0 Å². The standard InChI is InChI=1S/C25H29ClN4O4S.C21H22ClN3O3S.C20H21ClN4O3S.C19H19ClN4O3S.C8H15NO4.H2O/c1-25(2,3)23(32)34-21-10-9-17(26)12-19(21)20-15-35-24(33)30(28-20)13-16-7-6-8-18(11-16)27-22(31)14-29(4)5;1-21(2,3)19(26)28-18-8-7-14(22)10-16(18)17-12-29-20(27)25(24-17)11-13-5-4-6-15(23)9-13;1-24(2)11-19(27)22-15-5-3-4-13(8-15)10-25-20(28)29-12-17(23-25)16-9-14(21)6-7-18(16)26;1-21-9-18(26)22-14-4-2-3-12(7-14)10-24-19(27)28-11-16(23-24)15-8-13(20)5-6-17(15)25;1-8(2,3)13-7(12)9(4)5-6(10)11;/h6-12H,13-15H2,1-5H3,(H,27,31);4-10H,11-12,23H2,1-3H3;3-9,26H,10-12H2,1-2H3,(H,22,27);2-8,21,25H,9-11H2,1H3,(H,22,26);5H2,1-4H3,(H,10,11);1H2. The van der Waals surface area contributed by atoms with Crippen LogP contribution in [0.15, 0.2) is 190 Å². The summed E-state index contributed by atoms with van der Waals surface area (Å²) in [4.78, 5) is 136. The summed E-state index contributed by atoms with van der Waals surface area (Å²) in [5, 5.41) is 64.4. The minimum Gasteiger partial charge on any atom is -0.507 e. The predicted octanol–water partition coefficient (Wildman–Crippen LogP) is 16.8. The Kier molecular flexibility index (Phi) is 41.8. The Balaban J connectivity index is 0.000000235. The first-order valence-corrected chi connectivity index (χ1v) is 46.7. The lowest BCUT2D eigenvalue weighted by Gasteiger charge is -2.24. The number of carboxylic acids is 1. The number of phenolic OH excluding ortho intramolecular Hbond substituents is 2. The van der Waals surface area contributed by atoms with Crippen LogP contribution in [0.25, 0.3) is 0 Å². The van der Waals surface area contributed by atoms with E-state index in [2.05, 4.69) is 41.7 Å². The minimum atomic E-state index is -1.06. The van der Waals surface area contributed by atoms with Crippen LogP contribution in [0.2, 0.25) is 20.1 Å². The highest BCUT2D eigenvalue weighted by Crippen LogP contribution is 2.36. The summed E-state index contributed by atoms with van der Waals surface area (Å²) in [7, 11) is 10.4. The average Bonchev–Trinajstić information content (AvgIpc) is 0.746. The molecular formula is C93H108Cl4N16O18S4. The number of anilines is 4. The molecule has 0 fully saturated rings. The van der Waals surface area contributed by atoms with Gasteiger partial charge >= 0.3 is 45.0 Å². The van der Waals surface area contributed by atoms with Gasteiger partial charge in [0.2, 0.25) is 17.7 Å². The van der Waals surface area contributed by atoms with Gasteiger partial charge in [-0.05, 0) is 241 Å². The number of aliphatic carboxylic acids is 1. The molecule has 8 aromatic carbocycles. The number of benzene rings is 8. The molecule has 4 aliphatic rings. The van der Waals surface area contributed by atoms with Crippen molar-refractivity contribution in [1.29, 1.82) is 0 Å². The third-order valence-electron chi connectivity index (χ3n) is 18.1. The first-order chi connectivity index (χ1) is 63.0. The lowest BCUT2D eigenvalue weighted by atomic mass is 9.97. The highest BCUT2D eigenvalue weighted by Gasteiger charge is 2.33. The number of nitrogens with two attached hydrogens (primary N) is 1. The number of carbonyl (C=O) groups is 11. The number of hydrogen-bond donors (Lipinski definition) is 8. The van der Waals surface area contributed by atoms with E-state index in [1.165, 1.54) is 39.2 Å². The lowest BCUT2D eigenvalue weighted by molar-refractivity contribution is -0.143. The molecule has 8 aromatic rings. The van der Waals surface area contributed by atoms with E-state index in [-0.39, 0.29) is 120 Å². The van der Waals surface area contributed by atoms with Crippen molar-refractivity contribution in [3.63, 3.8) is 0 Å². The van der Waals surface area contributed by atoms with Crippen LogP contribution in [0, 0.1) is 10.8 Å². The molecule has 0 radical (unpaired) electrons. The molecule has 0 saturated heterocycles. The zero-order valence-corrected chi connectivity index (χ0v) is 83.1. The number of halogens is 4. The Morgan fingerprint density at radius 2 is 0.733 bits per heavy atom. The Bertz CT molecular complexity index is 5790. The minimum absolute atomic E-state index is 0. The molecule has 12 rings (SSSR count). The van der Waals surface area contributed by atoms with Crippen LogP contribution >= 0.6 is 93.5 Å². The van der Waals surface area contributed by atoms with Crippen molar-refractivity contribution in [2.75, 3.05) is 113 Å². The fourth-order valence-corrected chi connectivity index (χ4v) is 15.4. The number of hydrogen-bond acceptors (Lipinski definition) is 28. The Labute approximate surface area is 819 Å². The molecule has 34 nitrogen and oxygen atoms in total. The number of amides is 8. The molecule has 0 aliphatic carbocycles. The second-order valence-corrected chi connectivity index (χ2v) is 39.2. The van der Waals surface area contributed by atoms with Gasteiger partial charge in [0.1, 0.15) is 35.1 Å². The largest absolute Gasteiger partial charge is 0.507 e. The van der Waals surface area contributed by atoms with Gasteiger partial charge in [-0.1, -0.05) is 142 Å². The van der Waals surface area contributed by atoms with Gasteiger partial charge in [0.25, 0.3) is 0 Å². The van der Waals surface area contributed by atoms with E-state index in [0.29, 0.717) is 122 Å². The topological polar surface area (TPSA) is 454 Å². The fraction of sp³-hybridized carbons (Fsp3) is 0.323. The SMILES string of the molecule is CC(C)(C)C(=O)Oc1ccc(Cl)cc1C1=NN(Cc2cccc(N)c2)C(=O)SC1.CN(C)CC(=O)Nc1cccc(CN2N=C(c3cc(Cl)ccc3O)CSC2=O)c1.CN(C)CC(=O)Nc1cccc(CN2N=C(c3cc(Cl)ccc3OC(=O)C(C)(C)C)CSC2=O)c1.CN(CC(=O)O)C(=O)OC(C)(C)C.CNCC(=O)Nc1cccc(CN2N=C(c3cc(Cl)ccc3O)CSC2=O)c1.O. The van der Waals surface area contributed by atoms with Crippen molar-refractivity contribution in [3.8, 4) is 23.0 Å². The van der Waals surface area contributed by atoms with Gasteiger partial charge in [-0.15, -0.1) is 0 Å². The summed E-state index contributed by atoms with van der Waals surface area (Å²) in [6.45, 7) is 17.2. The van der Waals surface area contributed by atoms with Crippen LogP contribution < -0.4 is 36.5 Å². The number of aromatic hydroxyl groups is 2. The number of carbonyl (C=O) groups excluding carboxylic acids is 10. The second-order valence-electron chi connectivity index (χ2n) is 33.7. The molecule has 0 saturated carbocycles. The van der Waals surface area contributed by atoms with Crippen molar-refractivity contribution in [1.82, 2.24) is 40.1 Å². The smallest absolute Gasteiger partial charge is 0.410 e. The van der Waals surface area contributed by atoms with Gasteiger partial charge in [0.15, 0.2) is 0 Å². The van der Waals surface area contributed by atoms with E-state index in [1.807, 2.05) is 82.8 Å². The van der Waals surface area contributed by atoms with Crippen LogP contribution in [0.4, 0.5) is 46.7 Å². The van der Waals surface area contributed by atoms with Crippen molar-refractivity contribution in [2.24, 2.45) is 31.2 Å². The number of carboxylic acid groups (broad SMARTS) is 1. The fourth-order valence-electron chi connectivity index (χ4n) is 11.8. The molecule has 720 valence electrons. The van der Waals surface area contributed by atoms with E-state index >= 15 is 0 Å². The van der Waals surface area contributed by atoms with E-state index in [1.54, 1.807) is 182 Å². The van der Waals surface area contributed by atoms with E-state index in [0.717, 1.165) is 74.2 Å². The molecule has 0 atom stereocenters. The number of rotatable bonds is 25. The Hall–Kier alpha value is -11.8. The zero-order valence-electron chi connectivity index (χ0n) is 76.8. The molecule has 42 heteroatoms. The zero-order chi connectivity index (χ0) is 98.6. The molecule has 0 spiro atoms. The first kappa shape index (κ1) is 110. The lowest BCUT2D eigenvalue weighted by Crippen LogP contribution is -2.37. The number of thioether (sulfide) groups is 4.